The third-order valence-corrected chi connectivity index (χ3v) is 3.13. The summed E-state index contributed by atoms with van der Waals surface area (Å²) in [6, 6.07) is 0. The van der Waals surface area contributed by atoms with Gasteiger partial charge in [0.1, 0.15) is 0 Å². The van der Waals surface area contributed by atoms with Crippen molar-refractivity contribution in [2.45, 2.75) is 44.3 Å². The molecule has 94 valence electrons. The molecule has 0 amide bonds. The van der Waals surface area contributed by atoms with Crippen molar-refractivity contribution in [3.8, 4) is 0 Å². The zero-order chi connectivity index (χ0) is 12.4. The fourth-order valence-corrected chi connectivity index (χ4v) is 2.02. The summed E-state index contributed by atoms with van der Waals surface area (Å²) in [6.07, 6.45) is -1.12. The Kier molecular flexibility index (Phi) is 3.83. The lowest BCUT2D eigenvalue weighted by atomic mass is 9.99. The number of carboxylic acids is 1. The first-order valence-electron chi connectivity index (χ1n) is 5.29. The van der Waals surface area contributed by atoms with E-state index in [1.165, 1.54) is 0 Å². The summed E-state index contributed by atoms with van der Waals surface area (Å²) >= 11 is 0. The molecule has 0 radical (unpaired) electrons. The molecule has 0 aromatic carbocycles. The van der Waals surface area contributed by atoms with Gasteiger partial charge in [-0.1, -0.05) is 12.8 Å². The molecule has 0 aromatic heterocycles. The molecule has 1 rings (SSSR count). The summed E-state index contributed by atoms with van der Waals surface area (Å²) in [5, 5.41) is 11.3. The predicted octanol–water partition coefficient (Wildman–Crippen LogP) is 2.17. The van der Waals surface area contributed by atoms with E-state index in [4.69, 9.17) is 5.11 Å². The monoisotopic (exact) mass is 239 g/mol. The van der Waals surface area contributed by atoms with Gasteiger partial charge in [-0.2, -0.15) is 13.2 Å². The van der Waals surface area contributed by atoms with Gasteiger partial charge in [-0.05, 0) is 19.8 Å². The number of carbonyl (C=O) groups is 1. The van der Waals surface area contributed by atoms with Crippen molar-refractivity contribution < 1.29 is 23.1 Å². The van der Waals surface area contributed by atoms with Crippen molar-refractivity contribution in [3.63, 3.8) is 0 Å². The quantitative estimate of drug-likeness (QED) is 0.790. The van der Waals surface area contributed by atoms with Crippen molar-refractivity contribution >= 4 is 5.97 Å². The Morgan fingerprint density at radius 2 is 1.94 bits per heavy atom. The Bertz CT molecular complexity index is 259. The molecule has 0 bridgehead atoms. The number of hydrogen-bond donors (Lipinski definition) is 2. The lowest BCUT2D eigenvalue weighted by molar-refractivity contribution is -0.192. The van der Waals surface area contributed by atoms with E-state index in [0.717, 1.165) is 25.7 Å². The maximum absolute atomic E-state index is 12.3. The van der Waals surface area contributed by atoms with E-state index in [9.17, 15) is 18.0 Å². The van der Waals surface area contributed by atoms with E-state index in [-0.39, 0.29) is 5.54 Å². The van der Waals surface area contributed by atoms with Crippen molar-refractivity contribution in [2.24, 2.45) is 5.92 Å². The highest BCUT2D eigenvalue weighted by Gasteiger charge is 2.45. The molecule has 1 aliphatic rings. The second kappa shape index (κ2) is 4.61. The summed E-state index contributed by atoms with van der Waals surface area (Å²) in [5.41, 5.74) is -0.334. The number of halogens is 3. The Labute approximate surface area is 92.0 Å². The van der Waals surface area contributed by atoms with Crippen LogP contribution in [-0.4, -0.2) is 29.3 Å². The van der Waals surface area contributed by atoms with Crippen LogP contribution in [0.2, 0.25) is 0 Å². The van der Waals surface area contributed by atoms with Crippen LogP contribution in [0, 0.1) is 5.92 Å². The maximum Gasteiger partial charge on any atom is 0.403 e. The molecule has 0 saturated heterocycles. The number of alkyl halides is 3. The molecule has 1 aliphatic carbocycles. The fraction of sp³-hybridized carbons (Fsp3) is 0.900. The van der Waals surface area contributed by atoms with Gasteiger partial charge in [-0.3, -0.25) is 4.79 Å². The van der Waals surface area contributed by atoms with Crippen LogP contribution in [0.4, 0.5) is 13.2 Å². The van der Waals surface area contributed by atoms with Gasteiger partial charge < -0.3 is 10.4 Å². The Morgan fingerprint density at radius 3 is 2.31 bits per heavy atom. The smallest absolute Gasteiger partial charge is 0.403 e. The highest BCUT2D eigenvalue weighted by atomic mass is 19.4. The average molecular weight is 239 g/mol. The summed E-state index contributed by atoms with van der Waals surface area (Å²) in [4.78, 5) is 10.5. The highest BCUT2D eigenvalue weighted by molar-refractivity contribution is 5.71. The normalized spacial score (nSPS) is 22.0. The fourth-order valence-electron chi connectivity index (χ4n) is 2.02. The zero-order valence-electron chi connectivity index (χ0n) is 9.10. The van der Waals surface area contributed by atoms with E-state index in [1.807, 2.05) is 6.92 Å². The molecule has 2 N–H and O–H groups in total. The number of nitrogens with one attached hydrogen (secondary N) is 1. The molecule has 6 heteroatoms. The molecule has 1 atom stereocenters. The Hall–Kier alpha value is -0.780. The van der Waals surface area contributed by atoms with Crippen LogP contribution in [0.5, 0.6) is 0 Å². The van der Waals surface area contributed by atoms with Gasteiger partial charge in [0.25, 0.3) is 0 Å². The SMILES string of the molecule is CC1(NCC(C(=O)O)C(F)(F)F)CCCC1. The van der Waals surface area contributed by atoms with E-state index in [1.54, 1.807) is 0 Å². The van der Waals surface area contributed by atoms with Crippen LogP contribution in [0.25, 0.3) is 0 Å². The van der Waals surface area contributed by atoms with Gasteiger partial charge >= 0.3 is 12.1 Å². The third kappa shape index (κ3) is 3.37. The molecule has 0 heterocycles. The van der Waals surface area contributed by atoms with E-state index in [0.29, 0.717) is 0 Å². The number of aliphatic carboxylic acids is 1. The maximum atomic E-state index is 12.3. The van der Waals surface area contributed by atoms with Gasteiger partial charge in [0.2, 0.25) is 0 Å². The van der Waals surface area contributed by atoms with Crippen LogP contribution in [0.3, 0.4) is 0 Å². The van der Waals surface area contributed by atoms with Gasteiger partial charge in [0.15, 0.2) is 5.92 Å². The summed E-state index contributed by atoms with van der Waals surface area (Å²) in [6.45, 7) is 1.30. The zero-order valence-corrected chi connectivity index (χ0v) is 9.10. The van der Waals surface area contributed by atoms with Crippen LogP contribution < -0.4 is 5.32 Å². The van der Waals surface area contributed by atoms with Crippen molar-refractivity contribution in [3.05, 3.63) is 0 Å². The van der Waals surface area contributed by atoms with Crippen molar-refractivity contribution in [2.75, 3.05) is 6.54 Å². The minimum Gasteiger partial charge on any atom is -0.481 e. The van der Waals surface area contributed by atoms with E-state index in [2.05, 4.69) is 5.32 Å². The van der Waals surface area contributed by atoms with Crippen LogP contribution in [0.15, 0.2) is 0 Å². The van der Waals surface area contributed by atoms with Crippen LogP contribution in [-0.2, 0) is 4.79 Å². The largest absolute Gasteiger partial charge is 0.481 e. The predicted molar refractivity (Wildman–Crippen MR) is 52.1 cm³/mol. The molecule has 0 aromatic rings. The minimum atomic E-state index is -4.69. The lowest BCUT2D eigenvalue weighted by Gasteiger charge is -2.27. The number of carboxylic acid groups (broad SMARTS) is 1. The second-order valence-electron chi connectivity index (χ2n) is 4.58. The summed E-state index contributed by atoms with van der Waals surface area (Å²) in [7, 11) is 0. The first-order valence-corrected chi connectivity index (χ1v) is 5.29. The number of hydrogen-bond acceptors (Lipinski definition) is 2. The minimum absolute atomic E-state index is 0.334. The van der Waals surface area contributed by atoms with Gasteiger partial charge in [-0.25, -0.2) is 0 Å². The van der Waals surface area contributed by atoms with Gasteiger partial charge in [0, 0.05) is 12.1 Å². The molecular formula is C10H16F3NO2. The molecule has 0 aliphatic heterocycles. The first-order chi connectivity index (χ1) is 7.25. The van der Waals surface area contributed by atoms with Crippen LogP contribution >= 0.6 is 0 Å². The Morgan fingerprint density at radius 1 is 1.44 bits per heavy atom. The average Bonchev–Trinajstić information content (AvgIpc) is 2.49. The van der Waals surface area contributed by atoms with Crippen molar-refractivity contribution in [1.29, 1.82) is 0 Å². The Balaban J connectivity index is 2.53. The van der Waals surface area contributed by atoms with Crippen molar-refractivity contribution in [1.82, 2.24) is 5.32 Å². The molecule has 1 saturated carbocycles. The van der Waals surface area contributed by atoms with Gasteiger partial charge in [-0.15, -0.1) is 0 Å². The topological polar surface area (TPSA) is 49.3 Å². The first kappa shape index (κ1) is 13.3. The molecule has 16 heavy (non-hydrogen) atoms. The van der Waals surface area contributed by atoms with Gasteiger partial charge in [0.05, 0.1) is 0 Å². The molecule has 0 spiro atoms. The highest BCUT2D eigenvalue weighted by Crippen LogP contribution is 2.31. The second-order valence-corrected chi connectivity index (χ2v) is 4.58. The van der Waals surface area contributed by atoms with E-state index >= 15 is 0 Å². The molecule has 1 fully saturated rings. The standard InChI is InChI=1S/C10H16F3NO2/c1-9(4-2-3-5-9)14-6-7(8(15)16)10(11,12)13/h7,14H,2-6H2,1H3,(H,15,16). The molecule has 1 unspecified atom stereocenters. The lowest BCUT2D eigenvalue weighted by Crippen LogP contribution is -2.47. The number of rotatable bonds is 4. The van der Waals surface area contributed by atoms with Crippen LogP contribution in [0.1, 0.15) is 32.6 Å². The molecule has 3 nitrogen and oxygen atoms in total. The summed E-state index contributed by atoms with van der Waals surface area (Å²) < 4.78 is 37.0. The molecular weight excluding hydrogens is 223 g/mol. The summed E-state index contributed by atoms with van der Waals surface area (Å²) in [5.74, 6) is -4.13. The van der Waals surface area contributed by atoms with E-state index < -0.39 is 24.6 Å². The third-order valence-electron chi connectivity index (χ3n) is 3.13.